The number of thioether (sulfide) groups is 1. The zero-order valence-electron chi connectivity index (χ0n) is 17.7. The van der Waals surface area contributed by atoms with Crippen molar-refractivity contribution in [2.24, 2.45) is 0 Å². The third-order valence-corrected chi connectivity index (χ3v) is 7.11. The van der Waals surface area contributed by atoms with Gasteiger partial charge in [0, 0.05) is 6.04 Å². The van der Waals surface area contributed by atoms with Crippen molar-refractivity contribution in [3.63, 3.8) is 0 Å². The molecule has 7 heteroatoms. The second-order valence-corrected chi connectivity index (χ2v) is 9.29. The number of benzene rings is 3. The first kappa shape index (κ1) is 20.2. The van der Waals surface area contributed by atoms with Gasteiger partial charge in [0.05, 0.1) is 17.4 Å². The summed E-state index contributed by atoms with van der Waals surface area (Å²) in [5.41, 5.74) is 4.98. The van der Waals surface area contributed by atoms with Crippen LogP contribution in [0.2, 0.25) is 0 Å². The Hall–Kier alpha value is -3.45. The van der Waals surface area contributed by atoms with Gasteiger partial charge in [0.1, 0.15) is 5.82 Å². The summed E-state index contributed by atoms with van der Waals surface area (Å²) < 4.78 is 16.4. The zero-order chi connectivity index (χ0) is 22.4. The average Bonchev–Trinajstić information content (AvgIpc) is 3.52. The fourth-order valence-electron chi connectivity index (χ4n) is 4.51. The van der Waals surface area contributed by atoms with Crippen molar-refractivity contribution < 1.29 is 9.18 Å². The second kappa shape index (κ2) is 8.15. The molecule has 3 aromatic carbocycles. The van der Waals surface area contributed by atoms with Crippen LogP contribution in [0.5, 0.6) is 0 Å². The Kier molecular flexibility index (Phi) is 4.99. The minimum absolute atomic E-state index is 0.0747. The molecule has 2 aliphatic rings. The Morgan fingerprint density at radius 3 is 2.15 bits per heavy atom. The maximum absolute atomic E-state index is 14.4. The van der Waals surface area contributed by atoms with Gasteiger partial charge in [0.25, 0.3) is 0 Å². The summed E-state index contributed by atoms with van der Waals surface area (Å²) in [6.07, 6.45) is 2.02. The molecule has 0 radical (unpaired) electrons. The quantitative estimate of drug-likeness (QED) is 0.395. The van der Waals surface area contributed by atoms with Crippen molar-refractivity contribution in [1.82, 2.24) is 20.1 Å². The first-order chi connectivity index (χ1) is 16.2. The van der Waals surface area contributed by atoms with Crippen molar-refractivity contribution >= 4 is 17.7 Å². The number of halogens is 1. The highest BCUT2D eigenvalue weighted by Gasteiger charge is 2.32. The molecule has 2 aliphatic carbocycles. The molecule has 33 heavy (non-hydrogen) atoms. The molecule has 0 spiro atoms. The minimum Gasteiger partial charge on any atom is -0.344 e. The molecule has 164 valence electrons. The van der Waals surface area contributed by atoms with Gasteiger partial charge in [-0.3, -0.25) is 9.36 Å². The van der Waals surface area contributed by atoms with E-state index in [2.05, 4.69) is 39.8 Å². The lowest BCUT2D eigenvalue weighted by Gasteiger charge is -2.16. The van der Waals surface area contributed by atoms with Crippen LogP contribution in [0.3, 0.4) is 0 Å². The van der Waals surface area contributed by atoms with E-state index in [1.807, 2.05) is 28.8 Å². The Morgan fingerprint density at radius 1 is 0.909 bits per heavy atom. The lowest BCUT2D eigenvalue weighted by Crippen LogP contribution is -2.29. The van der Waals surface area contributed by atoms with Gasteiger partial charge < -0.3 is 5.32 Å². The van der Waals surface area contributed by atoms with Crippen LogP contribution in [0.15, 0.2) is 78.0 Å². The molecule has 0 unspecified atom stereocenters. The van der Waals surface area contributed by atoms with E-state index in [0.29, 0.717) is 16.5 Å². The van der Waals surface area contributed by atoms with E-state index >= 15 is 0 Å². The van der Waals surface area contributed by atoms with Gasteiger partial charge in [-0.2, -0.15) is 0 Å². The molecule has 1 fully saturated rings. The fourth-order valence-corrected chi connectivity index (χ4v) is 5.32. The molecule has 1 aromatic heterocycles. The Labute approximate surface area is 195 Å². The van der Waals surface area contributed by atoms with Crippen molar-refractivity contribution in [2.75, 3.05) is 5.75 Å². The van der Waals surface area contributed by atoms with Gasteiger partial charge in [-0.25, -0.2) is 4.39 Å². The number of nitrogens with zero attached hydrogens (tertiary/aromatic N) is 3. The minimum atomic E-state index is -0.320. The molecule has 0 aliphatic heterocycles. The van der Waals surface area contributed by atoms with Crippen molar-refractivity contribution in [2.45, 2.75) is 30.1 Å². The van der Waals surface area contributed by atoms with Crippen molar-refractivity contribution in [3.05, 3.63) is 89.7 Å². The Bertz CT molecular complexity index is 1320. The number of fused-ring (bicyclic) bond motifs is 3. The molecule has 0 bridgehead atoms. The molecule has 0 atom stereocenters. The van der Waals surface area contributed by atoms with Crippen LogP contribution in [-0.4, -0.2) is 26.4 Å². The van der Waals surface area contributed by atoms with Crippen LogP contribution in [-0.2, 0) is 4.79 Å². The van der Waals surface area contributed by atoms with E-state index in [-0.39, 0.29) is 29.6 Å². The van der Waals surface area contributed by atoms with Gasteiger partial charge in [0.2, 0.25) is 5.91 Å². The molecule has 1 N–H and O–H groups in total. The van der Waals surface area contributed by atoms with Gasteiger partial charge in [-0.15, -0.1) is 10.2 Å². The van der Waals surface area contributed by atoms with Crippen LogP contribution < -0.4 is 5.32 Å². The molecule has 1 saturated carbocycles. The summed E-state index contributed by atoms with van der Waals surface area (Å²) in [4.78, 5) is 13.0. The van der Waals surface area contributed by atoms with E-state index in [4.69, 9.17) is 0 Å². The third-order valence-electron chi connectivity index (χ3n) is 6.16. The largest absolute Gasteiger partial charge is 0.344 e. The van der Waals surface area contributed by atoms with Crippen molar-refractivity contribution in [1.29, 1.82) is 0 Å². The number of hydrogen-bond acceptors (Lipinski definition) is 4. The van der Waals surface area contributed by atoms with Crippen LogP contribution >= 0.6 is 11.8 Å². The number of carbonyl (C=O) groups is 1. The molecular weight excluding hydrogens is 435 g/mol. The van der Waals surface area contributed by atoms with Crippen LogP contribution in [0.1, 0.15) is 36.1 Å². The predicted molar refractivity (Wildman–Crippen MR) is 126 cm³/mol. The van der Waals surface area contributed by atoms with E-state index in [9.17, 15) is 9.18 Å². The normalized spacial score (nSPS) is 14.7. The second-order valence-electron chi connectivity index (χ2n) is 8.35. The summed E-state index contributed by atoms with van der Waals surface area (Å²) in [5, 5.41) is 12.4. The maximum atomic E-state index is 14.4. The van der Waals surface area contributed by atoms with Crippen molar-refractivity contribution in [3.8, 4) is 22.5 Å². The third kappa shape index (κ3) is 3.62. The lowest BCUT2D eigenvalue weighted by atomic mass is 10.1. The van der Waals surface area contributed by atoms with E-state index < -0.39 is 0 Å². The number of aromatic nitrogens is 3. The molecule has 5 nitrogen and oxygen atoms in total. The summed E-state index contributed by atoms with van der Waals surface area (Å²) in [6.45, 7) is 0. The lowest BCUT2D eigenvalue weighted by molar-refractivity contribution is -0.119. The van der Waals surface area contributed by atoms with Crippen LogP contribution in [0, 0.1) is 5.82 Å². The Balaban J connectivity index is 1.22. The fraction of sp³-hybridized carbons (Fsp3) is 0.192. The number of amides is 1. The molecule has 4 aromatic rings. The highest BCUT2D eigenvalue weighted by molar-refractivity contribution is 7.99. The zero-order valence-corrected chi connectivity index (χ0v) is 18.6. The number of carbonyl (C=O) groups excluding carboxylic acids is 1. The van der Waals surface area contributed by atoms with Crippen LogP contribution in [0.4, 0.5) is 4.39 Å². The van der Waals surface area contributed by atoms with Gasteiger partial charge in [-0.1, -0.05) is 72.4 Å². The summed E-state index contributed by atoms with van der Waals surface area (Å²) in [6, 6.07) is 23.1. The van der Waals surface area contributed by atoms with Crippen LogP contribution in [0.25, 0.3) is 22.5 Å². The molecule has 0 saturated heterocycles. The van der Waals surface area contributed by atoms with Gasteiger partial charge >= 0.3 is 0 Å². The highest BCUT2D eigenvalue weighted by Crippen LogP contribution is 2.44. The molecular formula is C26H21FN4OS. The van der Waals surface area contributed by atoms with Gasteiger partial charge in [0.15, 0.2) is 11.0 Å². The topological polar surface area (TPSA) is 59.8 Å². The first-order valence-corrected chi connectivity index (χ1v) is 12.0. The van der Waals surface area contributed by atoms with E-state index in [0.717, 1.165) is 35.1 Å². The highest BCUT2D eigenvalue weighted by atomic mass is 32.2. The summed E-state index contributed by atoms with van der Waals surface area (Å²) in [5.74, 6) is 0.342. The predicted octanol–water partition coefficient (Wildman–Crippen LogP) is 5.40. The number of hydrogen-bond donors (Lipinski definition) is 1. The van der Waals surface area contributed by atoms with Gasteiger partial charge in [-0.05, 0) is 47.2 Å². The molecule has 1 heterocycles. The summed E-state index contributed by atoms with van der Waals surface area (Å²) in [7, 11) is 0. The average molecular weight is 457 g/mol. The number of nitrogens with one attached hydrogen (secondary N) is 1. The monoisotopic (exact) mass is 456 g/mol. The van der Waals surface area contributed by atoms with E-state index in [1.54, 1.807) is 18.2 Å². The smallest absolute Gasteiger partial charge is 0.231 e. The number of rotatable bonds is 6. The van der Waals surface area contributed by atoms with E-state index in [1.165, 1.54) is 17.8 Å². The molecule has 1 amide bonds. The Morgan fingerprint density at radius 2 is 1.52 bits per heavy atom. The maximum Gasteiger partial charge on any atom is 0.231 e. The summed E-state index contributed by atoms with van der Waals surface area (Å²) >= 11 is 1.35. The SMILES string of the molecule is O=C(CSc1nnc(-c2ccccc2F)n1C1CC1)NC1c2ccccc2-c2ccccc21. The first-order valence-electron chi connectivity index (χ1n) is 11.0. The standard InChI is InChI=1S/C26H21FN4OS/c27-22-12-6-5-11-21(22)25-29-30-26(31(25)16-13-14-16)33-15-23(32)28-24-19-9-3-1-7-17(19)18-8-2-4-10-20(18)24/h1-12,16,24H,13-15H2,(H,28,32). The molecule has 6 rings (SSSR count).